The third kappa shape index (κ3) is 4.72. The summed E-state index contributed by atoms with van der Waals surface area (Å²) in [5.74, 6) is 0.235. The summed E-state index contributed by atoms with van der Waals surface area (Å²) in [4.78, 5) is 0. The van der Waals surface area contributed by atoms with E-state index in [4.69, 9.17) is 4.74 Å². The zero-order valence-corrected chi connectivity index (χ0v) is 11.5. The van der Waals surface area contributed by atoms with Crippen molar-refractivity contribution in [2.24, 2.45) is 0 Å². The van der Waals surface area contributed by atoms with Crippen molar-refractivity contribution in [2.75, 3.05) is 11.9 Å². The second-order valence-electron chi connectivity index (χ2n) is 3.68. The van der Waals surface area contributed by atoms with Gasteiger partial charge in [0.05, 0.1) is 5.56 Å². The van der Waals surface area contributed by atoms with Gasteiger partial charge >= 0.3 is 6.18 Å². The highest BCUT2D eigenvalue weighted by Crippen LogP contribution is 2.31. The smallest absolute Gasteiger partial charge is 0.416 e. The van der Waals surface area contributed by atoms with Gasteiger partial charge in [-0.25, -0.2) is 0 Å². The average Bonchev–Trinajstić information content (AvgIpc) is 2.34. The summed E-state index contributed by atoms with van der Waals surface area (Å²) in [5, 5.41) is 0.710. The van der Waals surface area contributed by atoms with Crippen LogP contribution in [0.15, 0.2) is 35.9 Å². The topological polar surface area (TPSA) is 9.23 Å². The van der Waals surface area contributed by atoms with E-state index in [1.807, 2.05) is 13.0 Å². The molecule has 0 fully saturated rings. The van der Waals surface area contributed by atoms with Crippen LogP contribution in [0.5, 0.6) is 5.75 Å². The summed E-state index contributed by atoms with van der Waals surface area (Å²) in [6.07, 6.45) is -1.57. The van der Waals surface area contributed by atoms with Crippen molar-refractivity contribution in [2.45, 2.75) is 19.5 Å². The van der Waals surface area contributed by atoms with E-state index < -0.39 is 11.7 Å². The van der Waals surface area contributed by atoms with Gasteiger partial charge in [-0.15, -0.1) is 0 Å². The zero-order chi connectivity index (χ0) is 13.6. The largest absolute Gasteiger partial charge is 0.489 e. The second-order valence-corrected chi connectivity index (χ2v) is 4.33. The third-order valence-electron chi connectivity index (χ3n) is 2.41. The molecule has 0 atom stereocenters. The van der Waals surface area contributed by atoms with Gasteiger partial charge in [0.25, 0.3) is 0 Å². The van der Waals surface area contributed by atoms with E-state index in [0.29, 0.717) is 11.9 Å². The molecule has 0 amide bonds. The van der Waals surface area contributed by atoms with Gasteiger partial charge in [0.15, 0.2) is 0 Å². The van der Waals surface area contributed by atoms with Crippen molar-refractivity contribution in [1.82, 2.24) is 0 Å². The molecule has 0 spiro atoms. The number of benzene rings is 1. The first kappa shape index (κ1) is 15.1. The molecular weight excluding hydrogens is 309 g/mol. The normalized spacial score (nSPS) is 12.6. The van der Waals surface area contributed by atoms with Crippen LogP contribution in [0.3, 0.4) is 0 Å². The summed E-state index contributed by atoms with van der Waals surface area (Å²) in [6.45, 7) is 2.29. The van der Waals surface area contributed by atoms with Gasteiger partial charge in [0, 0.05) is 5.33 Å². The van der Waals surface area contributed by atoms with Crippen LogP contribution >= 0.6 is 15.9 Å². The molecule has 1 rings (SSSR count). The van der Waals surface area contributed by atoms with Crippen LogP contribution in [-0.4, -0.2) is 11.9 Å². The lowest BCUT2D eigenvalue weighted by Gasteiger charge is -2.11. The minimum Gasteiger partial charge on any atom is -0.489 e. The fraction of sp³-hybridized carbons (Fsp3) is 0.385. The second kappa shape index (κ2) is 6.83. The van der Waals surface area contributed by atoms with E-state index in [1.54, 1.807) is 0 Å². The fourth-order valence-corrected chi connectivity index (χ4v) is 1.81. The molecular formula is C13H14BrF3O. The highest BCUT2D eigenvalue weighted by atomic mass is 79.9. The maximum atomic E-state index is 12.5. The van der Waals surface area contributed by atoms with Crippen LogP contribution in [0.4, 0.5) is 13.2 Å². The molecule has 1 nitrogen and oxygen atoms in total. The number of alkyl halides is 4. The molecule has 0 aliphatic rings. The first-order valence-corrected chi connectivity index (χ1v) is 6.63. The molecule has 0 saturated heterocycles. The molecule has 100 valence electrons. The Kier molecular flexibility index (Phi) is 5.72. The summed E-state index contributed by atoms with van der Waals surface area (Å²) < 4.78 is 42.8. The molecule has 1 aromatic rings. The molecule has 0 aliphatic heterocycles. The molecule has 1 aromatic carbocycles. The third-order valence-corrected chi connectivity index (χ3v) is 2.73. The van der Waals surface area contributed by atoms with Crippen LogP contribution in [0.1, 0.15) is 18.9 Å². The predicted octanol–water partition coefficient (Wildman–Crippen LogP) is 4.82. The molecule has 0 aromatic heterocycles. The number of ether oxygens (including phenoxy) is 1. The van der Waals surface area contributed by atoms with Crippen molar-refractivity contribution in [3.63, 3.8) is 0 Å². The molecule has 18 heavy (non-hydrogen) atoms. The summed E-state index contributed by atoms with van der Waals surface area (Å²) >= 11 is 3.27. The van der Waals surface area contributed by atoms with Crippen molar-refractivity contribution >= 4 is 15.9 Å². The Morgan fingerprint density at radius 1 is 1.39 bits per heavy atom. The van der Waals surface area contributed by atoms with Crippen LogP contribution in [0, 0.1) is 0 Å². The van der Waals surface area contributed by atoms with Crippen molar-refractivity contribution in [3.05, 3.63) is 41.5 Å². The van der Waals surface area contributed by atoms with Crippen molar-refractivity contribution in [3.8, 4) is 5.75 Å². The molecule has 0 N–H and O–H groups in total. The quantitative estimate of drug-likeness (QED) is 0.558. The van der Waals surface area contributed by atoms with Gasteiger partial charge in [-0.1, -0.05) is 35.0 Å². The molecule has 5 heteroatoms. The molecule has 0 saturated carbocycles. The van der Waals surface area contributed by atoms with Crippen LogP contribution in [-0.2, 0) is 6.18 Å². The Morgan fingerprint density at radius 2 is 2.11 bits per heavy atom. The van der Waals surface area contributed by atoms with Crippen molar-refractivity contribution in [1.29, 1.82) is 0 Å². The standard InChI is InChI=1S/C13H14BrF3O/c1-2-10(6-7-14)9-18-12-5-3-4-11(8-12)13(15,16)17/h3-6,8H,2,7,9H2,1H3. The van der Waals surface area contributed by atoms with Crippen LogP contribution < -0.4 is 4.74 Å². The Labute approximate surface area is 113 Å². The first-order valence-electron chi connectivity index (χ1n) is 5.51. The monoisotopic (exact) mass is 322 g/mol. The zero-order valence-electron chi connectivity index (χ0n) is 9.93. The number of allylic oxidation sites excluding steroid dienone is 1. The van der Waals surface area contributed by atoms with E-state index in [-0.39, 0.29) is 5.75 Å². The highest BCUT2D eigenvalue weighted by Gasteiger charge is 2.30. The molecule has 0 heterocycles. The van der Waals surface area contributed by atoms with E-state index in [2.05, 4.69) is 15.9 Å². The summed E-state index contributed by atoms with van der Waals surface area (Å²) in [6, 6.07) is 4.91. The number of hydrogen-bond acceptors (Lipinski definition) is 1. The Balaban J connectivity index is 2.71. The Hall–Kier alpha value is -0.970. The van der Waals surface area contributed by atoms with E-state index in [1.165, 1.54) is 12.1 Å². The maximum absolute atomic E-state index is 12.5. The fourth-order valence-electron chi connectivity index (χ4n) is 1.35. The number of halogens is 4. The van der Waals surface area contributed by atoms with Crippen LogP contribution in [0.2, 0.25) is 0 Å². The number of rotatable bonds is 5. The lowest BCUT2D eigenvalue weighted by molar-refractivity contribution is -0.137. The lowest BCUT2D eigenvalue weighted by Crippen LogP contribution is -2.06. The van der Waals surface area contributed by atoms with E-state index in [0.717, 1.165) is 24.1 Å². The molecule has 0 bridgehead atoms. The predicted molar refractivity (Wildman–Crippen MR) is 69.1 cm³/mol. The highest BCUT2D eigenvalue weighted by molar-refractivity contribution is 9.09. The van der Waals surface area contributed by atoms with E-state index in [9.17, 15) is 13.2 Å². The van der Waals surface area contributed by atoms with Crippen molar-refractivity contribution < 1.29 is 17.9 Å². The minimum absolute atomic E-state index is 0.235. The SMILES string of the molecule is CCC(=CCBr)COc1cccc(C(F)(F)F)c1. The lowest BCUT2D eigenvalue weighted by atomic mass is 10.2. The molecule has 0 radical (unpaired) electrons. The molecule has 0 unspecified atom stereocenters. The summed E-state index contributed by atoms with van der Waals surface area (Å²) in [7, 11) is 0. The maximum Gasteiger partial charge on any atom is 0.416 e. The Morgan fingerprint density at radius 3 is 2.67 bits per heavy atom. The van der Waals surface area contributed by atoms with Gasteiger partial charge in [0.2, 0.25) is 0 Å². The van der Waals surface area contributed by atoms with E-state index >= 15 is 0 Å². The number of hydrogen-bond donors (Lipinski definition) is 0. The van der Waals surface area contributed by atoms with Gasteiger partial charge in [-0.3, -0.25) is 0 Å². The van der Waals surface area contributed by atoms with Gasteiger partial charge in [-0.05, 0) is 30.2 Å². The first-order chi connectivity index (χ1) is 8.47. The molecule has 0 aliphatic carbocycles. The van der Waals surface area contributed by atoms with Gasteiger partial charge in [0.1, 0.15) is 12.4 Å². The average molecular weight is 323 g/mol. The van der Waals surface area contributed by atoms with Gasteiger partial charge in [-0.2, -0.15) is 13.2 Å². The van der Waals surface area contributed by atoms with Gasteiger partial charge < -0.3 is 4.74 Å². The summed E-state index contributed by atoms with van der Waals surface area (Å²) in [5.41, 5.74) is 0.354. The van der Waals surface area contributed by atoms with Crippen LogP contribution in [0.25, 0.3) is 0 Å². The minimum atomic E-state index is -4.33. The Bertz CT molecular complexity index is 413.